The van der Waals surface area contributed by atoms with E-state index in [0.29, 0.717) is 12.1 Å². The molecular formula is C14H22N2. The summed E-state index contributed by atoms with van der Waals surface area (Å²) in [5, 5.41) is 0. The Balaban J connectivity index is 2.23. The highest BCUT2D eigenvalue weighted by Gasteiger charge is 2.25. The Morgan fingerprint density at radius 3 is 2.81 bits per heavy atom. The zero-order valence-electron chi connectivity index (χ0n) is 10.6. The normalized spacial score (nSPS) is 22.6. The second-order valence-electron chi connectivity index (χ2n) is 5.14. The number of nitrogens with zero attached hydrogens (tertiary/aromatic N) is 2. The predicted octanol–water partition coefficient (Wildman–Crippen LogP) is 3.33. The molecule has 0 spiro atoms. The standard InChI is InChI=1S/C14H22N2/c1-11(2)16-7-5-4-6-14(16)13-8-12(3)9-15-10-13/h8-11,14H,4-7H2,1-3H3. The fraction of sp³-hybridized carbons (Fsp3) is 0.643. The van der Waals surface area contributed by atoms with Gasteiger partial charge in [-0.1, -0.05) is 12.5 Å². The van der Waals surface area contributed by atoms with Crippen LogP contribution >= 0.6 is 0 Å². The van der Waals surface area contributed by atoms with Crippen LogP contribution in [0.1, 0.15) is 50.3 Å². The minimum atomic E-state index is 0.584. The van der Waals surface area contributed by atoms with E-state index >= 15 is 0 Å². The molecule has 2 heterocycles. The zero-order valence-corrected chi connectivity index (χ0v) is 10.6. The van der Waals surface area contributed by atoms with Gasteiger partial charge in [-0.15, -0.1) is 0 Å². The zero-order chi connectivity index (χ0) is 11.5. The third-order valence-electron chi connectivity index (χ3n) is 3.49. The third kappa shape index (κ3) is 2.43. The van der Waals surface area contributed by atoms with Crippen molar-refractivity contribution in [1.29, 1.82) is 0 Å². The van der Waals surface area contributed by atoms with Crippen molar-refractivity contribution in [3.8, 4) is 0 Å². The van der Waals surface area contributed by atoms with Gasteiger partial charge in [0.25, 0.3) is 0 Å². The summed E-state index contributed by atoms with van der Waals surface area (Å²) in [6, 6.07) is 3.50. The average molecular weight is 218 g/mol. The maximum atomic E-state index is 4.33. The lowest BCUT2D eigenvalue weighted by molar-refractivity contribution is 0.112. The SMILES string of the molecule is Cc1cncc(C2CCCCN2C(C)C)c1. The average Bonchev–Trinajstić information content (AvgIpc) is 2.29. The second kappa shape index (κ2) is 4.96. The van der Waals surface area contributed by atoms with E-state index in [2.05, 4.69) is 36.7 Å². The Hall–Kier alpha value is -0.890. The number of likely N-dealkylation sites (tertiary alicyclic amines) is 1. The number of rotatable bonds is 2. The molecule has 1 saturated heterocycles. The Morgan fingerprint density at radius 2 is 2.12 bits per heavy atom. The lowest BCUT2D eigenvalue weighted by Crippen LogP contribution is -2.38. The first-order valence-electron chi connectivity index (χ1n) is 6.36. The van der Waals surface area contributed by atoms with Crippen molar-refractivity contribution in [1.82, 2.24) is 9.88 Å². The minimum Gasteiger partial charge on any atom is -0.294 e. The summed E-state index contributed by atoms with van der Waals surface area (Å²) in [5.41, 5.74) is 2.67. The van der Waals surface area contributed by atoms with Gasteiger partial charge in [-0.05, 0) is 51.3 Å². The highest BCUT2D eigenvalue weighted by Crippen LogP contribution is 2.32. The van der Waals surface area contributed by atoms with Crippen LogP contribution in [-0.4, -0.2) is 22.5 Å². The molecule has 1 aromatic rings. The molecule has 1 aliphatic rings. The number of piperidine rings is 1. The maximum Gasteiger partial charge on any atom is 0.0366 e. The third-order valence-corrected chi connectivity index (χ3v) is 3.49. The maximum absolute atomic E-state index is 4.33. The summed E-state index contributed by atoms with van der Waals surface area (Å²) in [7, 11) is 0. The van der Waals surface area contributed by atoms with Gasteiger partial charge in [-0.25, -0.2) is 0 Å². The number of aryl methyl sites for hydroxylation is 1. The van der Waals surface area contributed by atoms with Crippen molar-refractivity contribution >= 4 is 0 Å². The number of pyridine rings is 1. The second-order valence-corrected chi connectivity index (χ2v) is 5.14. The van der Waals surface area contributed by atoms with Gasteiger partial charge in [-0.2, -0.15) is 0 Å². The first-order valence-corrected chi connectivity index (χ1v) is 6.36. The van der Waals surface area contributed by atoms with E-state index in [4.69, 9.17) is 0 Å². The number of hydrogen-bond donors (Lipinski definition) is 0. The van der Waals surface area contributed by atoms with Crippen LogP contribution in [0.3, 0.4) is 0 Å². The molecule has 16 heavy (non-hydrogen) atoms. The summed E-state index contributed by atoms with van der Waals surface area (Å²) < 4.78 is 0. The van der Waals surface area contributed by atoms with Crippen molar-refractivity contribution in [3.05, 3.63) is 29.6 Å². The summed E-state index contributed by atoms with van der Waals surface area (Å²) in [6.45, 7) is 7.94. The molecule has 1 unspecified atom stereocenters. The highest BCUT2D eigenvalue weighted by atomic mass is 15.2. The molecule has 2 nitrogen and oxygen atoms in total. The molecule has 0 bridgehead atoms. The Labute approximate surface area is 98.7 Å². The van der Waals surface area contributed by atoms with Crippen LogP contribution in [0.2, 0.25) is 0 Å². The van der Waals surface area contributed by atoms with Crippen LogP contribution in [0.25, 0.3) is 0 Å². The first kappa shape index (κ1) is 11.6. The molecule has 0 N–H and O–H groups in total. The van der Waals surface area contributed by atoms with Gasteiger partial charge in [0.05, 0.1) is 0 Å². The van der Waals surface area contributed by atoms with Crippen molar-refractivity contribution < 1.29 is 0 Å². The Morgan fingerprint density at radius 1 is 1.31 bits per heavy atom. The molecule has 0 aliphatic carbocycles. The Kier molecular flexibility index (Phi) is 3.59. The molecule has 1 fully saturated rings. The van der Waals surface area contributed by atoms with Crippen LogP contribution in [0, 0.1) is 6.92 Å². The van der Waals surface area contributed by atoms with Gasteiger partial charge >= 0.3 is 0 Å². The molecule has 0 aromatic carbocycles. The van der Waals surface area contributed by atoms with Gasteiger partial charge in [0.15, 0.2) is 0 Å². The molecule has 2 heteroatoms. The largest absolute Gasteiger partial charge is 0.294 e. The van der Waals surface area contributed by atoms with E-state index < -0.39 is 0 Å². The molecule has 1 atom stereocenters. The predicted molar refractivity (Wildman–Crippen MR) is 67.4 cm³/mol. The molecule has 0 saturated carbocycles. The molecule has 88 valence electrons. The quantitative estimate of drug-likeness (QED) is 0.757. The van der Waals surface area contributed by atoms with E-state index in [1.807, 2.05) is 12.4 Å². The van der Waals surface area contributed by atoms with Crippen LogP contribution in [0.4, 0.5) is 0 Å². The van der Waals surface area contributed by atoms with Crippen molar-refractivity contribution in [2.24, 2.45) is 0 Å². The number of hydrogen-bond acceptors (Lipinski definition) is 2. The monoisotopic (exact) mass is 218 g/mol. The molecule has 2 rings (SSSR count). The van der Waals surface area contributed by atoms with E-state index in [9.17, 15) is 0 Å². The van der Waals surface area contributed by atoms with E-state index in [1.54, 1.807) is 0 Å². The lowest BCUT2D eigenvalue weighted by Gasteiger charge is -2.38. The summed E-state index contributed by atoms with van der Waals surface area (Å²) in [6.07, 6.45) is 7.95. The lowest BCUT2D eigenvalue weighted by atomic mass is 9.94. The highest BCUT2D eigenvalue weighted by molar-refractivity contribution is 5.20. The fourth-order valence-electron chi connectivity index (χ4n) is 2.69. The van der Waals surface area contributed by atoms with E-state index in [1.165, 1.54) is 36.9 Å². The van der Waals surface area contributed by atoms with Crippen LogP contribution in [-0.2, 0) is 0 Å². The van der Waals surface area contributed by atoms with Crippen LogP contribution in [0.5, 0.6) is 0 Å². The van der Waals surface area contributed by atoms with Crippen molar-refractivity contribution in [2.45, 2.75) is 52.1 Å². The smallest absolute Gasteiger partial charge is 0.0366 e. The van der Waals surface area contributed by atoms with Crippen LogP contribution in [0.15, 0.2) is 18.5 Å². The minimum absolute atomic E-state index is 0.584. The molecule has 0 amide bonds. The topological polar surface area (TPSA) is 16.1 Å². The van der Waals surface area contributed by atoms with Crippen molar-refractivity contribution in [2.75, 3.05) is 6.54 Å². The summed E-state index contributed by atoms with van der Waals surface area (Å²) in [4.78, 5) is 6.94. The first-order chi connectivity index (χ1) is 7.68. The van der Waals surface area contributed by atoms with E-state index in [-0.39, 0.29) is 0 Å². The molecule has 1 aliphatic heterocycles. The summed E-state index contributed by atoms with van der Waals surface area (Å²) in [5.74, 6) is 0. The molecule has 0 radical (unpaired) electrons. The van der Waals surface area contributed by atoms with Gasteiger partial charge in [0.1, 0.15) is 0 Å². The van der Waals surface area contributed by atoms with Gasteiger partial charge < -0.3 is 0 Å². The van der Waals surface area contributed by atoms with Crippen molar-refractivity contribution in [3.63, 3.8) is 0 Å². The van der Waals surface area contributed by atoms with Gasteiger partial charge in [0.2, 0.25) is 0 Å². The van der Waals surface area contributed by atoms with Gasteiger partial charge in [0, 0.05) is 24.5 Å². The van der Waals surface area contributed by atoms with Gasteiger partial charge in [-0.3, -0.25) is 9.88 Å². The van der Waals surface area contributed by atoms with E-state index in [0.717, 1.165) is 0 Å². The Bertz CT molecular complexity index is 346. The summed E-state index contributed by atoms with van der Waals surface area (Å²) >= 11 is 0. The number of aromatic nitrogens is 1. The van der Waals surface area contributed by atoms with Crippen LogP contribution < -0.4 is 0 Å². The fourth-order valence-corrected chi connectivity index (χ4v) is 2.69. The molecule has 1 aromatic heterocycles. The molecular weight excluding hydrogens is 196 g/mol.